The molecule has 0 radical (unpaired) electrons. The van der Waals surface area contributed by atoms with E-state index in [2.05, 4.69) is 9.97 Å². The molecule has 0 spiro atoms. The van der Waals surface area contributed by atoms with Crippen LogP contribution in [0.2, 0.25) is 0 Å². The Morgan fingerprint density at radius 1 is 1.50 bits per heavy atom. The molecule has 1 aliphatic rings. The van der Waals surface area contributed by atoms with Crippen molar-refractivity contribution >= 4 is 10.0 Å². The molecule has 1 aromatic rings. The molecule has 1 aliphatic heterocycles. The summed E-state index contributed by atoms with van der Waals surface area (Å²) in [6.45, 7) is 5.79. The summed E-state index contributed by atoms with van der Waals surface area (Å²) in [5.74, 6) is 0.486. The van der Waals surface area contributed by atoms with Crippen LogP contribution in [0.25, 0.3) is 0 Å². The van der Waals surface area contributed by atoms with E-state index in [9.17, 15) is 13.2 Å². The molecule has 112 valence electrons. The van der Waals surface area contributed by atoms with E-state index in [1.165, 1.54) is 10.4 Å². The summed E-state index contributed by atoms with van der Waals surface area (Å²) in [5, 5.41) is -0.477. The molecule has 0 bridgehead atoms. The van der Waals surface area contributed by atoms with Crippen molar-refractivity contribution in [3.63, 3.8) is 0 Å². The lowest BCUT2D eigenvalue weighted by molar-refractivity contribution is -0.00534. The average molecular weight is 301 g/mol. The Balaban J connectivity index is 2.25. The summed E-state index contributed by atoms with van der Waals surface area (Å²) in [4.78, 5) is 18.2. The summed E-state index contributed by atoms with van der Waals surface area (Å²) >= 11 is 0. The Kier molecular flexibility index (Phi) is 4.26. The van der Waals surface area contributed by atoms with Gasteiger partial charge in [-0.25, -0.2) is 13.4 Å². The molecule has 8 heteroatoms. The van der Waals surface area contributed by atoms with Crippen molar-refractivity contribution < 1.29 is 13.2 Å². The molecule has 1 fully saturated rings. The minimum atomic E-state index is -3.32. The second-order valence-corrected chi connectivity index (χ2v) is 7.56. The first-order valence-corrected chi connectivity index (χ1v) is 7.99. The third-order valence-corrected chi connectivity index (χ3v) is 5.44. The van der Waals surface area contributed by atoms with Crippen molar-refractivity contribution in [1.82, 2.24) is 14.3 Å². The van der Waals surface area contributed by atoms with E-state index < -0.39 is 21.4 Å². The minimum absolute atomic E-state index is 0.191. The maximum atomic E-state index is 12.2. The van der Waals surface area contributed by atoms with Gasteiger partial charge in [-0.1, -0.05) is 0 Å². The fourth-order valence-corrected chi connectivity index (χ4v) is 3.37. The van der Waals surface area contributed by atoms with Gasteiger partial charge in [0.05, 0.1) is 17.6 Å². The van der Waals surface area contributed by atoms with Crippen LogP contribution in [0.4, 0.5) is 0 Å². The average Bonchev–Trinajstić information content (AvgIpc) is 2.37. The van der Waals surface area contributed by atoms with E-state index in [0.717, 1.165) is 0 Å². The zero-order chi connectivity index (χ0) is 14.9. The van der Waals surface area contributed by atoms with Gasteiger partial charge in [-0.3, -0.25) is 4.79 Å². The summed E-state index contributed by atoms with van der Waals surface area (Å²) in [6.07, 6.45) is -0.502. The SMILES string of the molecule is Cc1nc([C@@H]2CN(S(=O)(=O)C(C)C)CCO2)cc(=O)[nH]1. The molecule has 20 heavy (non-hydrogen) atoms. The van der Waals surface area contributed by atoms with E-state index in [4.69, 9.17) is 4.74 Å². The predicted octanol–water partition coefficient (Wildman–Crippen LogP) is 0.190. The van der Waals surface area contributed by atoms with Crippen molar-refractivity contribution in [1.29, 1.82) is 0 Å². The lowest BCUT2D eigenvalue weighted by atomic mass is 10.2. The van der Waals surface area contributed by atoms with Crippen molar-refractivity contribution in [3.8, 4) is 0 Å². The number of sulfonamides is 1. The van der Waals surface area contributed by atoms with Crippen LogP contribution < -0.4 is 5.56 Å². The van der Waals surface area contributed by atoms with Gasteiger partial charge < -0.3 is 9.72 Å². The Labute approximate surface area is 118 Å². The number of ether oxygens (including phenoxy) is 1. The first-order valence-electron chi connectivity index (χ1n) is 6.49. The molecule has 0 aromatic carbocycles. The number of H-pyrrole nitrogens is 1. The Bertz CT molecular complexity index is 638. The van der Waals surface area contributed by atoms with Gasteiger partial charge in [-0.05, 0) is 20.8 Å². The van der Waals surface area contributed by atoms with Crippen molar-refractivity contribution in [2.45, 2.75) is 32.1 Å². The highest BCUT2D eigenvalue weighted by atomic mass is 32.2. The number of rotatable bonds is 3. The summed E-state index contributed by atoms with van der Waals surface area (Å²) < 4.78 is 31.3. The number of hydrogen-bond acceptors (Lipinski definition) is 5. The van der Waals surface area contributed by atoms with Crippen molar-refractivity contribution in [2.24, 2.45) is 0 Å². The van der Waals surface area contributed by atoms with Gasteiger partial charge in [0, 0.05) is 19.2 Å². The number of nitrogens with zero attached hydrogens (tertiary/aromatic N) is 2. The highest BCUT2D eigenvalue weighted by molar-refractivity contribution is 7.89. The van der Waals surface area contributed by atoms with Crippen LogP contribution in [0.3, 0.4) is 0 Å². The third-order valence-electron chi connectivity index (χ3n) is 3.19. The fourth-order valence-electron chi connectivity index (χ4n) is 2.10. The molecule has 2 rings (SSSR count). The second-order valence-electron chi connectivity index (χ2n) is 5.07. The normalized spacial score (nSPS) is 21.3. The van der Waals surface area contributed by atoms with Gasteiger partial charge in [0.2, 0.25) is 10.0 Å². The summed E-state index contributed by atoms with van der Waals surface area (Å²) in [5.41, 5.74) is 0.204. The van der Waals surface area contributed by atoms with E-state index in [1.54, 1.807) is 20.8 Å². The smallest absolute Gasteiger partial charge is 0.251 e. The molecule has 1 saturated heterocycles. The first-order chi connectivity index (χ1) is 9.30. The highest BCUT2D eigenvalue weighted by Gasteiger charge is 2.32. The molecule has 7 nitrogen and oxygen atoms in total. The van der Waals surface area contributed by atoms with Crippen LogP contribution in [0.5, 0.6) is 0 Å². The van der Waals surface area contributed by atoms with Crippen LogP contribution in [0, 0.1) is 6.92 Å². The number of aromatic amines is 1. The number of aromatic nitrogens is 2. The number of aryl methyl sites for hydroxylation is 1. The Hall–Kier alpha value is -1.25. The lowest BCUT2D eigenvalue weighted by Gasteiger charge is -2.32. The standard InChI is InChI=1S/C12H19N3O4S/c1-8(2)20(17,18)15-4-5-19-11(7-15)10-6-12(16)14-9(3)13-10/h6,8,11H,4-5,7H2,1-3H3,(H,13,14,16)/t11-/m0/s1. The van der Waals surface area contributed by atoms with Crippen molar-refractivity contribution in [3.05, 3.63) is 27.9 Å². The molecular weight excluding hydrogens is 282 g/mol. The van der Waals surface area contributed by atoms with E-state index in [-0.39, 0.29) is 12.1 Å². The molecule has 0 aliphatic carbocycles. The first kappa shape index (κ1) is 15.1. The largest absolute Gasteiger partial charge is 0.369 e. The van der Waals surface area contributed by atoms with Gasteiger partial charge >= 0.3 is 0 Å². The van der Waals surface area contributed by atoms with Gasteiger partial charge in [-0.15, -0.1) is 0 Å². The number of hydrogen-bond donors (Lipinski definition) is 1. The highest BCUT2D eigenvalue weighted by Crippen LogP contribution is 2.23. The molecule has 0 amide bonds. The van der Waals surface area contributed by atoms with Gasteiger partial charge in [0.15, 0.2) is 0 Å². The quantitative estimate of drug-likeness (QED) is 0.860. The van der Waals surface area contributed by atoms with Crippen LogP contribution >= 0.6 is 0 Å². The predicted molar refractivity (Wildman–Crippen MR) is 73.9 cm³/mol. The van der Waals surface area contributed by atoms with E-state index >= 15 is 0 Å². The number of nitrogens with one attached hydrogen (secondary N) is 1. The molecule has 2 heterocycles. The molecular formula is C12H19N3O4S. The summed E-state index contributed by atoms with van der Waals surface area (Å²) in [6, 6.07) is 1.35. The van der Waals surface area contributed by atoms with E-state index in [0.29, 0.717) is 24.7 Å². The molecule has 0 unspecified atom stereocenters. The maximum absolute atomic E-state index is 12.2. The topological polar surface area (TPSA) is 92.4 Å². The molecule has 0 saturated carbocycles. The molecule has 1 N–H and O–H groups in total. The zero-order valence-electron chi connectivity index (χ0n) is 11.8. The lowest BCUT2D eigenvalue weighted by Crippen LogP contribution is -2.45. The van der Waals surface area contributed by atoms with Crippen molar-refractivity contribution in [2.75, 3.05) is 19.7 Å². The Morgan fingerprint density at radius 3 is 2.80 bits per heavy atom. The van der Waals surface area contributed by atoms with Crippen LogP contribution in [-0.4, -0.2) is 47.6 Å². The van der Waals surface area contributed by atoms with Crippen LogP contribution in [0.15, 0.2) is 10.9 Å². The zero-order valence-corrected chi connectivity index (χ0v) is 12.6. The van der Waals surface area contributed by atoms with E-state index in [1.807, 2.05) is 0 Å². The van der Waals surface area contributed by atoms with Gasteiger partial charge in [0.25, 0.3) is 5.56 Å². The summed E-state index contributed by atoms with van der Waals surface area (Å²) in [7, 11) is -3.32. The molecule has 1 aromatic heterocycles. The maximum Gasteiger partial charge on any atom is 0.251 e. The minimum Gasteiger partial charge on any atom is -0.369 e. The Morgan fingerprint density at radius 2 is 2.20 bits per heavy atom. The number of morpholine rings is 1. The molecule has 1 atom stereocenters. The van der Waals surface area contributed by atoms with Gasteiger partial charge in [-0.2, -0.15) is 4.31 Å². The fraction of sp³-hybridized carbons (Fsp3) is 0.667. The third kappa shape index (κ3) is 3.08. The second kappa shape index (κ2) is 5.63. The van der Waals surface area contributed by atoms with Crippen LogP contribution in [-0.2, 0) is 14.8 Å². The van der Waals surface area contributed by atoms with Crippen LogP contribution in [0.1, 0.15) is 31.5 Å². The monoisotopic (exact) mass is 301 g/mol. The van der Waals surface area contributed by atoms with Gasteiger partial charge in [0.1, 0.15) is 11.9 Å².